The molecule has 1 aliphatic rings. The molecule has 1 aliphatic heterocycles. The molecule has 3 aromatic carbocycles. The lowest BCUT2D eigenvalue weighted by Crippen LogP contribution is -2.47. The largest absolute Gasteiger partial charge is 0.352 e. The molecule has 2 amide bonds. The van der Waals surface area contributed by atoms with Crippen LogP contribution >= 0.6 is 23.4 Å². The summed E-state index contributed by atoms with van der Waals surface area (Å²) in [7, 11) is 0. The van der Waals surface area contributed by atoms with Crippen LogP contribution in [0.25, 0.3) is 0 Å². The van der Waals surface area contributed by atoms with Gasteiger partial charge in [-0.3, -0.25) is 9.59 Å². The van der Waals surface area contributed by atoms with Crippen molar-refractivity contribution >= 4 is 40.9 Å². The zero-order valence-electron chi connectivity index (χ0n) is 19.0. The topological polar surface area (TPSA) is 49.4 Å². The number of thioether (sulfide) groups is 1. The molecule has 0 radical (unpaired) electrons. The smallest absolute Gasteiger partial charge is 0.241 e. The lowest BCUT2D eigenvalue weighted by atomic mass is 10.0. The van der Waals surface area contributed by atoms with E-state index in [1.54, 1.807) is 6.07 Å². The Labute approximate surface area is 204 Å². The number of anilines is 1. The van der Waals surface area contributed by atoms with Crippen LogP contribution in [0.3, 0.4) is 0 Å². The summed E-state index contributed by atoms with van der Waals surface area (Å²) in [6.07, 6.45) is 0. The van der Waals surface area contributed by atoms with Gasteiger partial charge >= 0.3 is 0 Å². The van der Waals surface area contributed by atoms with Crippen molar-refractivity contribution in [1.29, 1.82) is 0 Å². The molecule has 2 atom stereocenters. The number of para-hydroxylation sites is 1. The van der Waals surface area contributed by atoms with Gasteiger partial charge in [-0.15, -0.1) is 11.8 Å². The minimum atomic E-state index is -0.503. The standard InChI is InChI=1S/C27H27ClN2O2S/c1-17-12-13-18(2)21(14-17)16-30-23-10-6-7-11-24(23)33-25(27(30)32)19(3)26(31)29-15-20-8-4-5-9-22(20)28/h4-14,19,25H,15-16H2,1-3H3,(H,29,31)/t19-,25-/m0/s1. The first-order valence-corrected chi connectivity index (χ1v) is 12.2. The molecule has 0 unspecified atom stereocenters. The minimum absolute atomic E-state index is 0.0417. The van der Waals surface area contributed by atoms with E-state index >= 15 is 0 Å². The van der Waals surface area contributed by atoms with Gasteiger partial charge in [0.1, 0.15) is 5.25 Å². The molecule has 0 bridgehead atoms. The number of amides is 2. The molecule has 0 spiro atoms. The van der Waals surface area contributed by atoms with Crippen molar-refractivity contribution in [3.63, 3.8) is 0 Å². The number of benzene rings is 3. The third-order valence-electron chi connectivity index (χ3n) is 6.03. The van der Waals surface area contributed by atoms with Crippen molar-refractivity contribution in [2.75, 3.05) is 4.90 Å². The number of fused-ring (bicyclic) bond motifs is 1. The highest BCUT2D eigenvalue weighted by atomic mass is 35.5. The monoisotopic (exact) mass is 478 g/mol. The molecule has 0 saturated heterocycles. The maximum atomic E-state index is 13.7. The highest BCUT2D eigenvalue weighted by molar-refractivity contribution is 8.01. The number of halogens is 1. The van der Waals surface area contributed by atoms with Crippen LogP contribution in [0.4, 0.5) is 5.69 Å². The van der Waals surface area contributed by atoms with Crippen molar-refractivity contribution in [1.82, 2.24) is 5.32 Å². The number of aryl methyl sites for hydroxylation is 2. The number of carbonyl (C=O) groups excluding carboxylic acids is 2. The van der Waals surface area contributed by atoms with Crippen molar-refractivity contribution in [3.8, 4) is 0 Å². The average Bonchev–Trinajstić information content (AvgIpc) is 2.81. The Balaban J connectivity index is 1.56. The van der Waals surface area contributed by atoms with Crippen molar-refractivity contribution < 1.29 is 9.59 Å². The Morgan fingerprint density at radius 2 is 1.79 bits per heavy atom. The van der Waals surface area contributed by atoms with E-state index in [1.165, 1.54) is 11.8 Å². The van der Waals surface area contributed by atoms with Crippen LogP contribution in [0.1, 0.15) is 29.2 Å². The first kappa shape index (κ1) is 23.4. The van der Waals surface area contributed by atoms with E-state index in [4.69, 9.17) is 11.6 Å². The second-order valence-corrected chi connectivity index (χ2v) is 10.0. The van der Waals surface area contributed by atoms with Gasteiger partial charge in [-0.25, -0.2) is 0 Å². The zero-order valence-corrected chi connectivity index (χ0v) is 20.5. The first-order chi connectivity index (χ1) is 15.8. The number of rotatable bonds is 6. The van der Waals surface area contributed by atoms with Crippen LogP contribution in [-0.2, 0) is 22.7 Å². The van der Waals surface area contributed by atoms with Crippen molar-refractivity contribution in [3.05, 3.63) is 94.0 Å². The summed E-state index contributed by atoms with van der Waals surface area (Å²) in [5, 5.41) is 3.06. The fourth-order valence-electron chi connectivity index (χ4n) is 3.98. The molecule has 0 saturated carbocycles. The van der Waals surface area contributed by atoms with Gasteiger partial charge in [0.05, 0.1) is 18.2 Å². The van der Waals surface area contributed by atoms with Gasteiger partial charge in [-0.1, -0.05) is 72.6 Å². The Morgan fingerprint density at radius 3 is 2.58 bits per heavy atom. The van der Waals surface area contributed by atoms with Gasteiger partial charge < -0.3 is 10.2 Å². The fraction of sp³-hybridized carbons (Fsp3) is 0.259. The molecular weight excluding hydrogens is 452 g/mol. The highest BCUT2D eigenvalue weighted by Gasteiger charge is 2.39. The summed E-state index contributed by atoms with van der Waals surface area (Å²) in [4.78, 5) is 29.5. The van der Waals surface area contributed by atoms with Gasteiger partial charge in [0.25, 0.3) is 0 Å². The molecule has 0 aromatic heterocycles. The summed E-state index contributed by atoms with van der Waals surface area (Å²) in [6, 6.07) is 21.6. The molecule has 3 aromatic rings. The van der Waals surface area contributed by atoms with Gasteiger partial charge in [-0.05, 0) is 48.7 Å². The molecule has 4 nitrogen and oxygen atoms in total. The third kappa shape index (κ3) is 5.10. The van der Waals surface area contributed by atoms with Crippen LogP contribution < -0.4 is 10.2 Å². The molecule has 1 N–H and O–H groups in total. The lowest BCUT2D eigenvalue weighted by molar-refractivity contribution is -0.128. The van der Waals surface area contributed by atoms with Crippen LogP contribution in [0.2, 0.25) is 5.02 Å². The van der Waals surface area contributed by atoms with E-state index in [9.17, 15) is 9.59 Å². The molecule has 6 heteroatoms. The molecule has 0 aliphatic carbocycles. The van der Waals surface area contributed by atoms with Gasteiger partial charge in [0.2, 0.25) is 11.8 Å². The Kier molecular flexibility index (Phi) is 7.11. The van der Waals surface area contributed by atoms with Gasteiger partial charge in [-0.2, -0.15) is 0 Å². The molecule has 1 heterocycles. The van der Waals surface area contributed by atoms with Gasteiger partial charge in [0, 0.05) is 16.5 Å². The summed E-state index contributed by atoms with van der Waals surface area (Å²) < 4.78 is 0. The van der Waals surface area contributed by atoms with Crippen molar-refractivity contribution in [2.24, 2.45) is 5.92 Å². The number of hydrogen-bond acceptors (Lipinski definition) is 3. The quantitative estimate of drug-likeness (QED) is 0.478. The van der Waals surface area contributed by atoms with Gasteiger partial charge in [0.15, 0.2) is 0 Å². The average molecular weight is 479 g/mol. The molecule has 4 rings (SSSR count). The summed E-state index contributed by atoms with van der Waals surface area (Å²) in [5.41, 5.74) is 5.16. The highest BCUT2D eigenvalue weighted by Crippen LogP contribution is 2.42. The molecule has 0 fully saturated rings. The minimum Gasteiger partial charge on any atom is -0.352 e. The van der Waals surface area contributed by atoms with E-state index in [2.05, 4.69) is 37.4 Å². The first-order valence-electron chi connectivity index (χ1n) is 11.0. The molecular formula is C27H27ClN2O2S. The van der Waals surface area contributed by atoms with E-state index in [0.29, 0.717) is 18.1 Å². The SMILES string of the molecule is Cc1ccc(C)c(CN2C(=O)[C@H]([C@H](C)C(=O)NCc3ccccc3Cl)Sc3ccccc32)c1. The van der Waals surface area contributed by atoms with E-state index in [0.717, 1.165) is 32.8 Å². The van der Waals surface area contributed by atoms with Crippen LogP contribution in [-0.4, -0.2) is 17.1 Å². The number of hydrogen-bond donors (Lipinski definition) is 1. The Bertz CT molecular complexity index is 1200. The predicted molar refractivity (Wildman–Crippen MR) is 136 cm³/mol. The lowest BCUT2D eigenvalue weighted by Gasteiger charge is -2.36. The van der Waals surface area contributed by atoms with E-state index in [1.807, 2.05) is 54.3 Å². The van der Waals surface area contributed by atoms with E-state index in [-0.39, 0.29) is 11.8 Å². The van der Waals surface area contributed by atoms with Crippen LogP contribution in [0.5, 0.6) is 0 Å². The molecule has 33 heavy (non-hydrogen) atoms. The second kappa shape index (κ2) is 10.0. The number of carbonyl (C=O) groups is 2. The third-order valence-corrected chi connectivity index (χ3v) is 7.86. The van der Waals surface area contributed by atoms with Crippen molar-refractivity contribution in [2.45, 2.75) is 44.0 Å². The zero-order chi connectivity index (χ0) is 23.5. The van der Waals surface area contributed by atoms with Crippen LogP contribution in [0, 0.1) is 19.8 Å². The maximum Gasteiger partial charge on any atom is 0.241 e. The predicted octanol–water partition coefficient (Wildman–Crippen LogP) is 5.92. The fourth-order valence-corrected chi connectivity index (χ4v) is 5.47. The Morgan fingerprint density at radius 1 is 1.06 bits per heavy atom. The Hall–Kier alpha value is -2.76. The van der Waals surface area contributed by atoms with Crippen LogP contribution in [0.15, 0.2) is 71.6 Å². The molecule has 170 valence electrons. The maximum absolute atomic E-state index is 13.7. The number of nitrogens with one attached hydrogen (secondary N) is 1. The second-order valence-electron chi connectivity index (χ2n) is 8.46. The number of nitrogens with zero attached hydrogens (tertiary/aromatic N) is 1. The summed E-state index contributed by atoms with van der Waals surface area (Å²) >= 11 is 7.69. The summed E-state index contributed by atoms with van der Waals surface area (Å²) in [6.45, 7) is 6.75. The van der Waals surface area contributed by atoms with E-state index < -0.39 is 11.2 Å². The normalized spacial score (nSPS) is 16.3. The summed E-state index contributed by atoms with van der Waals surface area (Å²) in [5.74, 6) is -0.703.